The predicted octanol–water partition coefficient (Wildman–Crippen LogP) is 1.83. The van der Waals surface area contributed by atoms with Crippen LogP contribution in [0.1, 0.15) is 17.0 Å². The quantitative estimate of drug-likeness (QED) is 0.809. The second-order valence-electron chi connectivity index (χ2n) is 4.09. The summed E-state index contributed by atoms with van der Waals surface area (Å²) in [5.74, 6) is 0.804. The number of hydrogen-bond acceptors (Lipinski definition) is 6. The predicted molar refractivity (Wildman–Crippen MR) is 75.2 cm³/mol. The van der Waals surface area contributed by atoms with Gasteiger partial charge in [0.15, 0.2) is 0 Å². The highest BCUT2D eigenvalue weighted by atomic mass is 32.1. The van der Waals surface area contributed by atoms with Crippen LogP contribution in [0, 0.1) is 0 Å². The first-order chi connectivity index (χ1) is 9.31. The molecule has 2 rings (SSSR count). The number of benzene rings is 1. The van der Waals surface area contributed by atoms with Gasteiger partial charge in [-0.15, -0.1) is 0 Å². The Morgan fingerprint density at radius 1 is 1.37 bits per heavy atom. The first-order valence-electron chi connectivity index (χ1n) is 6.06. The molecular formula is C13H17N3O2S. The molecular weight excluding hydrogens is 262 g/mol. The first-order valence-corrected chi connectivity index (χ1v) is 6.83. The normalized spacial score (nSPS) is 10.6. The van der Waals surface area contributed by atoms with E-state index in [9.17, 15) is 0 Å². The molecule has 0 amide bonds. The van der Waals surface area contributed by atoms with Crippen LogP contribution in [0.4, 0.5) is 5.13 Å². The summed E-state index contributed by atoms with van der Waals surface area (Å²) in [6.07, 6.45) is 0.731. The average molecular weight is 279 g/mol. The van der Waals surface area contributed by atoms with Gasteiger partial charge in [-0.3, -0.25) is 0 Å². The van der Waals surface area contributed by atoms with Gasteiger partial charge in [-0.2, -0.15) is 4.37 Å². The summed E-state index contributed by atoms with van der Waals surface area (Å²) in [4.78, 5) is 4.37. The summed E-state index contributed by atoms with van der Waals surface area (Å²) < 4.78 is 9.24. The van der Waals surface area contributed by atoms with Crippen molar-refractivity contribution in [3.63, 3.8) is 0 Å². The Hall–Kier alpha value is -1.50. The molecule has 0 saturated heterocycles. The fourth-order valence-corrected chi connectivity index (χ4v) is 2.24. The van der Waals surface area contributed by atoms with Gasteiger partial charge < -0.3 is 15.2 Å². The zero-order valence-corrected chi connectivity index (χ0v) is 11.6. The van der Waals surface area contributed by atoms with Crippen molar-refractivity contribution < 1.29 is 9.84 Å². The van der Waals surface area contributed by atoms with E-state index in [0.717, 1.165) is 28.5 Å². The molecule has 0 radical (unpaired) electrons. The van der Waals surface area contributed by atoms with Crippen molar-refractivity contribution in [3.8, 4) is 0 Å². The van der Waals surface area contributed by atoms with Gasteiger partial charge in [-0.25, -0.2) is 4.98 Å². The number of aromatic nitrogens is 2. The number of aliphatic hydroxyl groups excluding tert-OH is 1. The molecule has 102 valence electrons. The Labute approximate surface area is 116 Å². The minimum Gasteiger partial charge on any atom is -0.392 e. The number of nitrogens with one attached hydrogen (secondary N) is 1. The average Bonchev–Trinajstić information content (AvgIpc) is 2.91. The van der Waals surface area contributed by atoms with Gasteiger partial charge in [0.05, 0.1) is 13.2 Å². The van der Waals surface area contributed by atoms with E-state index in [4.69, 9.17) is 9.84 Å². The van der Waals surface area contributed by atoms with Crippen LogP contribution >= 0.6 is 11.5 Å². The van der Waals surface area contributed by atoms with Crippen molar-refractivity contribution in [1.29, 1.82) is 0 Å². The first kappa shape index (κ1) is 13.9. The molecule has 0 aliphatic rings. The number of ether oxygens (including phenoxy) is 1. The third-order valence-corrected chi connectivity index (χ3v) is 3.33. The molecule has 19 heavy (non-hydrogen) atoms. The molecule has 2 N–H and O–H groups in total. The molecule has 0 fully saturated rings. The van der Waals surface area contributed by atoms with E-state index in [2.05, 4.69) is 14.7 Å². The summed E-state index contributed by atoms with van der Waals surface area (Å²) in [7, 11) is 1.67. The molecule has 6 heteroatoms. The lowest BCUT2D eigenvalue weighted by Gasteiger charge is -2.04. The van der Waals surface area contributed by atoms with E-state index < -0.39 is 0 Å². The number of nitrogens with zero attached hydrogens (tertiary/aromatic N) is 2. The van der Waals surface area contributed by atoms with Crippen LogP contribution in [0.3, 0.4) is 0 Å². The van der Waals surface area contributed by atoms with Crippen LogP contribution in [-0.2, 0) is 24.3 Å². The molecule has 5 nitrogen and oxygen atoms in total. The molecule has 0 aliphatic heterocycles. The topological polar surface area (TPSA) is 67.3 Å². The van der Waals surface area contributed by atoms with Crippen molar-refractivity contribution in [2.45, 2.75) is 19.6 Å². The molecule has 0 spiro atoms. The molecule has 1 aromatic carbocycles. The van der Waals surface area contributed by atoms with Gasteiger partial charge in [0.1, 0.15) is 5.82 Å². The van der Waals surface area contributed by atoms with Crippen LogP contribution < -0.4 is 5.32 Å². The van der Waals surface area contributed by atoms with Gasteiger partial charge in [-0.05, 0) is 11.1 Å². The van der Waals surface area contributed by atoms with Crippen LogP contribution in [-0.4, -0.2) is 28.2 Å². The second kappa shape index (κ2) is 7.18. The lowest BCUT2D eigenvalue weighted by Crippen LogP contribution is -2.01. The fourth-order valence-electron chi connectivity index (χ4n) is 1.64. The van der Waals surface area contributed by atoms with Gasteiger partial charge in [-0.1, -0.05) is 24.3 Å². The molecule has 0 bridgehead atoms. The van der Waals surface area contributed by atoms with Crippen molar-refractivity contribution >= 4 is 16.7 Å². The third kappa shape index (κ3) is 4.27. The number of aliphatic hydroxyl groups is 1. The van der Waals surface area contributed by atoms with E-state index in [0.29, 0.717) is 13.2 Å². The standard InChI is InChI=1S/C13H17N3O2S/c1-18-6-5-12-15-13(19-16-12)14-8-10-3-2-4-11(7-10)9-17/h2-4,7,17H,5-6,8-9H2,1H3,(H,14,15,16). The molecule has 2 aromatic rings. The minimum absolute atomic E-state index is 0.0633. The molecule has 0 unspecified atom stereocenters. The highest BCUT2D eigenvalue weighted by Gasteiger charge is 2.03. The van der Waals surface area contributed by atoms with Gasteiger partial charge >= 0.3 is 0 Å². The van der Waals surface area contributed by atoms with Crippen LogP contribution in [0.25, 0.3) is 0 Å². The lowest BCUT2D eigenvalue weighted by molar-refractivity contribution is 0.201. The fraction of sp³-hybridized carbons (Fsp3) is 0.385. The highest BCUT2D eigenvalue weighted by molar-refractivity contribution is 7.09. The SMILES string of the molecule is COCCc1nsc(NCc2cccc(CO)c2)n1. The monoisotopic (exact) mass is 279 g/mol. The van der Waals surface area contributed by atoms with Crippen molar-refractivity contribution in [3.05, 3.63) is 41.2 Å². The molecule has 0 saturated carbocycles. The van der Waals surface area contributed by atoms with Crippen LogP contribution in [0.15, 0.2) is 24.3 Å². The van der Waals surface area contributed by atoms with E-state index >= 15 is 0 Å². The van der Waals surface area contributed by atoms with E-state index in [1.807, 2.05) is 24.3 Å². The molecule has 0 atom stereocenters. The Morgan fingerprint density at radius 3 is 3.00 bits per heavy atom. The zero-order chi connectivity index (χ0) is 13.5. The van der Waals surface area contributed by atoms with Crippen molar-refractivity contribution in [1.82, 2.24) is 9.36 Å². The molecule has 1 heterocycles. The van der Waals surface area contributed by atoms with Gasteiger partial charge in [0.25, 0.3) is 0 Å². The smallest absolute Gasteiger partial charge is 0.202 e. The molecule has 1 aromatic heterocycles. The Kier molecular flexibility index (Phi) is 5.26. The summed E-state index contributed by atoms with van der Waals surface area (Å²) in [5, 5.41) is 13.1. The minimum atomic E-state index is 0.0633. The van der Waals surface area contributed by atoms with Crippen LogP contribution in [0.5, 0.6) is 0 Å². The number of hydrogen-bond donors (Lipinski definition) is 2. The van der Waals surface area contributed by atoms with Gasteiger partial charge in [0.2, 0.25) is 5.13 Å². The Morgan fingerprint density at radius 2 is 2.21 bits per heavy atom. The van der Waals surface area contributed by atoms with Gasteiger partial charge in [0, 0.05) is 31.6 Å². The van der Waals surface area contributed by atoms with Crippen molar-refractivity contribution in [2.75, 3.05) is 19.0 Å². The Balaban J connectivity index is 1.89. The largest absolute Gasteiger partial charge is 0.392 e. The third-order valence-electron chi connectivity index (χ3n) is 2.62. The summed E-state index contributed by atoms with van der Waals surface area (Å²) in [5.41, 5.74) is 2.03. The molecule has 0 aliphatic carbocycles. The van der Waals surface area contributed by atoms with E-state index in [-0.39, 0.29) is 6.61 Å². The second-order valence-corrected chi connectivity index (χ2v) is 4.84. The number of rotatable bonds is 7. The summed E-state index contributed by atoms with van der Waals surface area (Å²) >= 11 is 1.35. The van der Waals surface area contributed by atoms with E-state index in [1.54, 1.807) is 7.11 Å². The maximum Gasteiger partial charge on any atom is 0.202 e. The van der Waals surface area contributed by atoms with E-state index in [1.165, 1.54) is 11.5 Å². The number of methoxy groups -OCH3 is 1. The zero-order valence-electron chi connectivity index (χ0n) is 10.8. The lowest BCUT2D eigenvalue weighted by atomic mass is 10.1. The van der Waals surface area contributed by atoms with Crippen LogP contribution in [0.2, 0.25) is 0 Å². The highest BCUT2D eigenvalue weighted by Crippen LogP contribution is 2.13. The summed E-state index contributed by atoms with van der Waals surface area (Å²) in [6.45, 7) is 1.37. The summed E-state index contributed by atoms with van der Waals surface area (Å²) in [6, 6.07) is 7.82. The Bertz CT molecular complexity index is 516. The maximum atomic E-state index is 9.08. The number of anilines is 1. The maximum absolute atomic E-state index is 9.08. The van der Waals surface area contributed by atoms with Crippen molar-refractivity contribution in [2.24, 2.45) is 0 Å².